The van der Waals surface area contributed by atoms with E-state index in [1.54, 1.807) is 14.2 Å². The molecule has 0 saturated heterocycles. The molecule has 0 amide bonds. The van der Waals surface area contributed by atoms with Gasteiger partial charge in [-0.1, -0.05) is 25.1 Å². The number of allylic oxidation sites excluding steroid dienone is 1. The highest BCUT2D eigenvalue weighted by Gasteiger charge is 2.35. The first kappa shape index (κ1) is 23.9. The van der Waals surface area contributed by atoms with E-state index in [9.17, 15) is 0 Å². The quantitative estimate of drug-likeness (QED) is 0.562. The molecule has 0 aliphatic carbocycles. The standard InChI is InChI=1S/C24H31NO4.ClH/c1-7-8-17-13-19-16(2)23(29-24(19)22(14-17)27-6)18-9-10-20(21(15-18)26-5)28-12-11-25(3)4;/h7-10,13-16,23H,11-12H2,1-6H3;1H/b8-7+;/t16-,23-;/m0./s1. The van der Waals surface area contributed by atoms with Gasteiger partial charge in [0.25, 0.3) is 0 Å². The summed E-state index contributed by atoms with van der Waals surface area (Å²) in [5, 5.41) is 0. The van der Waals surface area contributed by atoms with Crippen LogP contribution in [0, 0.1) is 0 Å². The van der Waals surface area contributed by atoms with Gasteiger partial charge in [-0.3, -0.25) is 0 Å². The van der Waals surface area contributed by atoms with E-state index in [1.165, 1.54) is 0 Å². The minimum absolute atomic E-state index is 0. The highest BCUT2D eigenvalue weighted by Crippen LogP contribution is 2.51. The first-order valence-electron chi connectivity index (χ1n) is 9.95. The van der Waals surface area contributed by atoms with Gasteiger partial charge in [0.2, 0.25) is 0 Å². The van der Waals surface area contributed by atoms with E-state index in [0.29, 0.717) is 6.61 Å². The molecule has 2 atom stereocenters. The Morgan fingerprint density at radius 2 is 1.77 bits per heavy atom. The Kier molecular flexibility index (Phi) is 8.44. The monoisotopic (exact) mass is 433 g/mol. The van der Waals surface area contributed by atoms with Crippen molar-refractivity contribution in [2.45, 2.75) is 25.9 Å². The summed E-state index contributed by atoms with van der Waals surface area (Å²) in [7, 11) is 7.39. The van der Waals surface area contributed by atoms with Crippen molar-refractivity contribution in [1.82, 2.24) is 4.90 Å². The van der Waals surface area contributed by atoms with Crippen LogP contribution in [0.25, 0.3) is 6.08 Å². The molecule has 0 saturated carbocycles. The maximum absolute atomic E-state index is 6.36. The summed E-state index contributed by atoms with van der Waals surface area (Å²) < 4.78 is 23.4. The molecule has 30 heavy (non-hydrogen) atoms. The molecule has 0 radical (unpaired) electrons. The number of nitrogens with zero attached hydrogens (tertiary/aromatic N) is 1. The van der Waals surface area contributed by atoms with Gasteiger partial charge in [-0.05, 0) is 56.4 Å². The van der Waals surface area contributed by atoms with Crippen LogP contribution in [0.5, 0.6) is 23.0 Å². The van der Waals surface area contributed by atoms with Crippen LogP contribution >= 0.6 is 12.4 Å². The molecule has 2 aromatic rings. The minimum Gasteiger partial charge on any atom is -0.493 e. The predicted molar refractivity (Wildman–Crippen MR) is 124 cm³/mol. The van der Waals surface area contributed by atoms with Crippen molar-refractivity contribution in [2.75, 3.05) is 41.5 Å². The molecule has 0 fully saturated rings. The molecule has 164 valence electrons. The van der Waals surface area contributed by atoms with Gasteiger partial charge in [-0.25, -0.2) is 0 Å². The van der Waals surface area contributed by atoms with Gasteiger partial charge in [-0.2, -0.15) is 0 Å². The summed E-state index contributed by atoms with van der Waals surface area (Å²) >= 11 is 0. The lowest BCUT2D eigenvalue weighted by atomic mass is 9.91. The second-order valence-corrected chi connectivity index (χ2v) is 7.53. The Morgan fingerprint density at radius 3 is 2.40 bits per heavy atom. The van der Waals surface area contributed by atoms with Gasteiger partial charge >= 0.3 is 0 Å². The van der Waals surface area contributed by atoms with Crippen LogP contribution in [-0.4, -0.2) is 46.4 Å². The van der Waals surface area contributed by atoms with Crippen LogP contribution in [0.4, 0.5) is 0 Å². The molecular weight excluding hydrogens is 402 g/mol. The largest absolute Gasteiger partial charge is 0.493 e. The molecule has 3 rings (SSSR count). The second kappa shape index (κ2) is 10.6. The van der Waals surface area contributed by atoms with Crippen LogP contribution < -0.4 is 18.9 Å². The third-order valence-corrected chi connectivity index (χ3v) is 5.19. The molecule has 2 aromatic carbocycles. The average Bonchev–Trinajstić information content (AvgIpc) is 3.04. The number of hydrogen-bond donors (Lipinski definition) is 0. The van der Waals surface area contributed by atoms with Crippen molar-refractivity contribution in [3.8, 4) is 23.0 Å². The fourth-order valence-electron chi connectivity index (χ4n) is 3.62. The molecule has 0 bridgehead atoms. The fraction of sp³-hybridized carbons (Fsp3) is 0.417. The van der Waals surface area contributed by atoms with E-state index in [1.807, 2.05) is 45.3 Å². The number of hydrogen-bond acceptors (Lipinski definition) is 5. The Balaban J connectivity index is 0.00000320. The third-order valence-electron chi connectivity index (χ3n) is 5.19. The van der Waals surface area contributed by atoms with E-state index >= 15 is 0 Å². The normalized spacial score (nSPS) is 17.4. The van der Waals surface area contributed by atoms with Gasteiger partial charge in [0.15, 0.2) is 23.0 Å². The van der Waals surface area contributed by atoms with Crippen molar-refractivity contribution in [1.29, 1.82) is 0 Å². The number of ether oxygens (including phenoxy) is 4. The molecule has 0 N–H and O–H groups in total. The Hall–Kier alpha value is -2.37. The summed E-state index contributed by atoms with van der Waals surface area (Å²) in [4.78, 5) is 2.08. The van der Waals surface area contributed by atoms with Crippen LogP contribution in [0.2, 0.25) is 0 Å². The first-order chi connectivity index (χ1) is 14.0. The number of likely N-dealkylation sites (N-methyl/N-ethyl adjacent to an activating group) is 1. The van der Waals surface area contributed by atoms with Crippen molar-refractivity contribution in [3.63, 3.8) is 0 Å². The second-order valence-electron chi connectivity index (χ2n) is 7.53. The predicted octanol–water partition coefficient (Wildman–Crippen LogP) is 5.34. The number of benzene rings is 2. The van der Waals surface area contributed by atoms with Gasteiger partial charge < -0.3 is 23.8 Å². The van der Waals surface area contributed by atoms with E-state index in [4.69, 9.17) is 18.9 Å². The summed E-state index contributed by atoms with van der Waals surface area (Å²) in [6, 6.07) is 10.2. The highest BCUT2D eigenvalue weighted by atomic mass is 35.5. The van der Waals surface area contributed by atoms with Crippen LogP contribution in [0.1, 0.15) is 42.6 Å². The molecule has 1 aliphatic heterocycles. The number of fused-ring (bicyclic) bond motifs is 1. The summed E-state index contributed by atoms with van der Waals surface area (Å²) in [5.41, 5.74) is 3.33. The Morgan fingerprint density at radius 1 is 1.03 bits per heavy atom. The first-order valence-corrected chi connectivity index (χ1v) is 9.95. The molecular formula is C24H32ClNO4. The molecule has 1 heterocycles. The topological polar surface area (TPSA) is 40.2 Å². The lowest BCUT2D eigenvalue weighted by molar-refractivity contribution is 0.207. The van der Waals surface area contributed by atoms with Crippen LogP contribution in [-0.2, 0) is 0 Å². The van der Waals surface area contributed by atoms with Crippen molar-refractivity contribution < 1.29 is 18.9 Å². The molecule has 0 spiro atoms. The average molecular weight is 434 g/mol. The van der Waals surface area contributed by atoms with Gasteiger partial charge in [0.05, 0.1) is 14.2 Å². The summed E-state index contributed by atoms with van der Waals surface area (Å²) in [6.45, 7) is 5.65. The Bertz CT molecular complexity index is 882. The zero-order chi connectivity index (χ0) is 21.0. The van der Waals surface area contributed by atoms with E-state index in [0.717, 1.165) is 46.2 Å². The van der Waals surface area contributed by atoms with E-state index < -0.39 is 0 Å². The molecule has 0 aromatic heterocycles. The number of rotatable bonds is 8. The SMILES string of the molecule is C/C=C/c1cc(OC)c2c(c1)[C@H](C)[C@@H](c1ccc(OCCN(C)C)c(OC)c1)O2.Cl. The maximum Gasteiger partial charge on any atom is 0.165 e. The summed E-state index contributed by atoms with van der Waals surface area (Å²) in [6.07, 6.45) is 3.99. The lowest BCUT2D eigenvalue weighted by Gasteiger charge is -2.19. The van der Waals surface area contributed by atoms with Crippen molar-refractivity contribution in [2.24, 2.45) is 0 Å². The zero-order valence-corrected chi connectivity index (χ0v) is 19.4. The van der Waals surface area contributed by atoms with E-state index in [-0.39, 0.29) is 24.4 Å². The number of methoxy groups -OCH3 is 2. The highest BCUT2D eigenvalue weighted by molar-refractivity contribution is 5.85. The fourth-order valence-corrected chi connectivity index (χ4v) is 3.62. The molecule has 5 nitrogen and oxygen atoms in total. The van der Waals surface area contributed by atoms with Gasteiger partial charge in [-0.15, -0.1) is 12.4 Å². The molecule has 6 heteroatoms. The van der Waals surface area contributed by atoms with Crippen molar-refractivity contribution >= 4 is 18.5 Å². The number of halogens is 1. The van der Waals surface area contributed by atoms with Gasteiger partial charge in [0.1, 0.15) is 12.7 Å². The molecule has 1 aliphatic rings. The minimum atomic E-state index is -0.107. The third kappa shape index (κ3) is 5.02. The van der Waals surface area contributed by atoms with Crippen LogP contribution in [0.3, 0.4) is 0 Å². The zero-order valence-electron chi connectivity index (χ0n) is 18.6. The van der Waals surface area contributed by atoms with Crippen molar-refractivity contribution in [3.05, 3.63) is 53.1 Å². The smallest absolute Gasteiger partial charge is 0.165 e. The maximum atomic E-state index is 6.36. The Labute approximate surface area is 186 Å². The molecule has 0 unspecified atom stereocenters. The lowest BCUT2D eigenvalue weighted by Crippen LogP contribution is -2.19. The van der Waals surface area contributed by atoms with E-state index in [2.05, 4.69) is 30.0 Å². The van der Waals surface area contributed by atoms with Gasteiger partial charge in [0, 0.05) is 18.0 Å². The summed E-state index contributed by atoms with van der Waals surface area (Å²) in [5.74, 6) is 3.24. The van der Waals surface area contributed by atoms with Crippen LogP contribution in [0.15, 0.2) is 36.4 Å².